The van der Waals surface area contributed by atoms with Crippen molar-refractivity contribution in [1.82, 2.24) is 29.0 Å². The van der Waals surface area contributed by atoms with Gasteiger partial charge in [0.05, 0.1) is 34.2 Å². The van der Waals surface area contributed by atoms with E-state index in [9.17, 15) is 4.79 Å². The molecule has 1 fully saturated rings. The molecule has 5 rings (SSSR count). The topological polar surface area (TPSA) is 77.6 Å². The Kier molecular flexibility index (Phi) is 5.63. The molecule has 0 spiro atoms. The number of benzene rings is 1. The molecule has 0 radical (unpaired) electrons. The van der Waals surface area contributed by atoms with Gasteiger partial charge in [-0.3, -0.25) is 9.47 Å². The molecule has 32 heavy (non-hydrogen) atoms. The summed E-state index contributed by atoms with van der Waals surface area (Å²) in [6.07, 6.45) is 3.56. The van der Waals surface area contributed by atoms with Crippen LogP contribution in [0.3, 0.4) is 0 Å². The lowest BCUT2D eigenvalue weighted by Crippen LogP contribution is -2.44. The van der Waals surface area contributed by atoms with Crippen molar-refractivity contribution in [3.05, 3.63) is 68.4 Å². The van der Waals surface area contributed by atoms with Crippen LogP contribution in [-0.2, 0) is 17.8 Å². The summed E-state index contributed by atoms with van der Waals surface area (Å²) < 4.78 is 8.69. The Bertz CT molecular complexity index is 1360. The van der Waals surface area contributed by atoms with Crippen molar-refractivity contribution in [2.45, 2.75) is 39.1 Å². The molecule has 1 aromatic carbocycles. The number of halogens is 2. The predicted molar refractivity (Wildman–Crippen MR) is 123 cm³/mol. The Morgan fingerprint density at radius 2 is 1.88 bits per heavy atom. The maximum atomic E-state index is 13.2. The fraction of sp³-hybridized carbons (Fsp3) is 0.364. The highest BCUT2D eigenvalue weighted by Crippen LogP contribution is 2.27. The lowest BCUT2D eigenvalue weighted by molar-refractivity contribution is -0.0705. The molecule has 1 aliphatic rings. The number of hydrogen-bond acceptors (Lipinski definition) is 6. The zero-order valence-electron chi connectivity index (χ0n) is 17.7. The minimum atomic E-state index is -0.336. The lowest BCUT2D eigenvalue weighted by Gasteiger charge is -2.35. The van der Waals surface area contributed by atoms with E-state index in [0.717, 1.165) is 36.1 Å². The quantitative estimate of drug-likeness (QED) is 0.452. The second kappa shape index (κ2) is 8.44. The number of ether oxygens (including phenoxy) is 1. The molecule has 0 bridgehead atoms. The van der Waals surface area contributed by atoms with E-state index in [1.165, 1.54) is 10.8 Å². The molecule has 4 aromatic rings. The summed E-state index contributed by atoms with van der Waals surface area (Å²) in [6.45, 7) is 6.84. The summed E-state index contributed by atoms with van der Waals surface area (Å²) in [5.41, 5.74) is 2.44. The molecule has 1 saturated heterocycles. The van der Waals surface area contributed by atoms with Gasteiger partial charge in [-0.25, -0.2) is 14.8 Å². The van der Waals surface area contributed by atoms with Crippen molar-refractivity contribution in [3.63, 3.8) is 0 Å². The van der Waals surface area contributed by atoms with Gasteiger partial charge in [-0.15, -0.1) is 0 Å². The number of hydrogen-bond donors (Lipinski definition) is 0. The van der Waals surface area contributed by atoms with E-state index in [4.69, 9.17) is 27.9 Å². The largest absolute Gasteiger partial charge is 0.373 e. The molecule has 3 aromatic heterocycles. The number of nitrogens with zero attached hydrogens (tertiary/aromatic N) is 6. The van der Waals surface area contributed by atoms with Crippen LogP contribution in [0.5, 0.6) is 0 Å². The normalized spacial score (nSPS) is 19.8. The first-order valence-electron chi connectivity index (χ1n) is 10.4. The van der Waals surface area contributed by atoms with Gasteiger partial charge >= 0.3 is 5.69 Å². The maximum Gasteiger partial charge on any atom is 0.352 e. The van der Waals surface area contributed by atoms with Gasteiger partial charge < -0.3 is 4.74 Å². The second-order valence-corrected chi connectivity index (χ2v) is 9.03. The van der Waals surface area contributed by atoms with Crippen LogP contribution in [-0.4, -0.2) is 54.3 Å². The van der Waals surface area contributed by atoms with Gasteiger partial charge in [0.1, 0.15) is 12.0 Å². The fourth-order valence-corrected chi connectivity index (χ4v) is 4.77. The molecular formula is C22H22Cl2N6O2. The van der Waals surface area contributed by atoms with Crippen molar-refractivity contribution in [2.24, 2.45) is 0 Å². The lowest BCUT2D eigenvalue weighted by atomic mass is 10.1. The van der Waals surface area contributed by atoms with E-state index >= 15 is 0 Å². The number of fused-ring (bicyclic) bond motifs is 3. The molecule has 2 atom stereocenters. The molecule has 2 unspecified atom stereocenters. The van der Waals surface area contributed by atoms with Crippen LogP contribution >= 0.6 is 23.2 Å². The number of pyridine rings is 1. The molecule has 4 heterocycles. The maximum absolute atomic E-state index is 13.2. The zero-order chi connectivity index (χ0) is 22.4. The smallest absolute Gasteiger partial charge is 0.352 e. The van der Waals surface area contributed by atoms with E-state index in [1.807, 2.05) is 18.3 Å². The van der Waals surface area contributed by atoms with Crippen LogP contribution in [0.2, 0.25) is 10.0 Å². The van der Waals surface area contributed by atoms with Gasteiger partial charge in [-0.1, -0.05) is 35.3 Å². The van der Waals surface area contributed by atoms with E-state index in [1.54, 1.807) is 16.7 Å². The number of aromatic nitrogens is 5. The highest BCUT2D eigenvalue weighted by molar-refractivity contribution is 6.42. The molecule has 0 N–H and O–H groups in total. The highest BCUT2D eigenvalue weighted by atomic mass is 35.5. The average Bonchev–Trinajstić information content (AvgIpc) is 3.24. The molecule has 1 aliphatic heterocycles. The van der Waals surface area contributed by atoms with E-state index in [2.05, 4.69) is 33.8 Å². The van der Waals surface area contributed by atoms with E-state index < -0.39 is 0 Å². The minimum absolute atomic E-state index is 0.183. The van der Waals surface area contributed by atoms with E-state index in [0.29, 0.717) is 21.3 Å². The van der Waals surface area contributed by atoms with Gasteiger partial charge in [0.2, 0.25) is 0 Å². The standard InChI is InChI=1S/C22H22Cl2N6O2/c1-13-8-28(9-14(2)32-13)10-15-6-17-20(25-7-15)29(22(31)30-21(17)26-12-27-30)11-16-4-3-5-18(23)19(16)24/h3-7,12-14H,8-11H2,1-2H3. The van der Waals surface area contributed by atoms with Crippen LogP contribution in [0.1, 0.15) is 25.0 Å². The van der Waals surface area contributed by atoms with Gasteiger partial charge in [0, 0.05) is 25.8 Å². The summed E-state index contributed by atoms with van der Waals surface area (Å²) in [6, 6.07) is 7.40. The Morgan fingerprint density at radius 1 is 1.09 bits per heavy atom. The van der Waals surface area contributed by atoms with Gasteiger partial charge in [-0.05, 0) is 37.1 Å². The van der Waals surface area contributed by atoms with Crippen molar-refractivity contribution >= 4 is 39.9 Å². The Hall–Kier alpha value is -2.52. The van der Waals surface area contributed by atoms with Crippen LogP contribution in [0.4, 0.5) is 0 Å². The number of morpholine rings is 1. The van der Waals surface area contributed by atoms with Gasteiger partial charge in [0.25, 0.3) is 0 Å². The van der Waals surface area contributed by atoms with Gasteiger partial charge in [0.15, 0.2) is 5.65 Å². The highest BCUT2D eigenvalue weighted by Gasteiger charge is 2.23. The summed E-state index contributed by atoms with van der Waals surface area (Å²) in [7, 11) is 0. The first-order valence-corrected chi connectivity index (χ1v) is 11.2. The van der Waals surface area contributed by atoms with Crippen LogP contribution < -0.4 is 5.69 Å². The van der Waals surface area contributed by atoms with Crippen molar-refractivity contribution in [3.8, 4) is 0 Å². The first kappa shape index (κ1) is 21.3. The molecule has 166 valence electrons. The predicted octanol–water partition coefficient (Wildman–Crippen LogP) is 3.40. The average molecular weight is 473 g/mol. The van der Waals surface area contributed by atoms with E-state index in [-0.39, 0.29) is 24.4 Å². The van der Waals surface area contributed by atoms with Crippen molar-refractivity contribution in [1.29, 1.82) is 0 Å². The summed E-state index contributed by atoms with van der Waals surface area (Å²) in [4.78, 5) is 24.5. The third-order valence-corrected chi connectivity index (χ3v) is 6.50. The Balaban J connectivity index is 1.59. The number of rotatable bonds is 4. The first-order chi connectivity index (χ1) is 15.4. The Morgan fingerprint density at radius 3 is 2.66 bits per heavy atom. The molecule has 8 nitrogen and oxygen atoms in total. The van der Waals surface area contributed by atoms with Crippen LogP contribution in [0.25, 0.3) is 16.7 Å². The summed E-state index contributed by atoms with van der Waals surface area (Å²) >= 11 is 12.6. The third kappa shape index (κ3) is 3.88. The molecule has 0 amide bonds. The zero-order valence-corrected chi connectivity index (χ0v) is 19.2. The summed E-state index contributed by atoms with van der Waals surface area (Å²) in [5.74, 6) is 0. The monoisotopic (exact) mass is 472 g/mol. The third-order valence-electron chi connectivity index (χ3n) is 5.64. The molecule has 0 aliphatic carbocycles. The van der Waals surface area contributed by atoms with Gasteiger partial charge in [-0.2, -0.15) is 9.61 Å². The van der Waals surface area contributed by atoms with Crippen molar-refractivity contribution in [2.75, 3.05) is 13.1 Å². The molecular weight excluding hydrogens is 451 g/mol. The van der Waals surface area contributed by atoms with Crippen LogP contribution in [0, 0.1) is 0 Å². The molecule has 10 heteroatoms. The van der Waals surface area contributed by atoms with Crippen molar-refractivity contribution < 1.29 is 4.74 Å². The minimum Gasteiger partial charge on any atom is -0.373 e. The fourth-order valence-electron chi connectivity index (χ4n) is 4.39. The van der Waals surface area contributed by atoms with Crippen LogP contribution in [0.15, 0.2) is 41.6 Å². The Labute approximate surface area is 194 Å². The summed E-state index contributed by atoms with van der Waals surface area (Å²) in [5, 5.41) is 5.75. The second-order valence-electron chi connectivity index (χ2n) is 8.24. The molecule has 0 saturated carbocycles. The SMILES string of the molecule is CC1CN(Cc2cnc3c(c2)c2ncnn2c(=O)n3Cc2cccc(Cl)c2Cl)CC(C)O1.